The molecule has 1 aromatic heterocycles. The van der Waals surface area contributed by atoms with E-state index in [-0.39, 0.29) is 12.1 Å². The zero-order valence-electron chi connectivity index (χ0n) is 13.3. The van der Waals surface area contributed by atoms with Gasteiger partial charge in [0.25, 0.3) is 0 Å². The van der Waals surface area contributed by atoms with Crippen LogP contribution in [0.25, 0.3) is 0 Å². The van der Waals surface area contributed by atoms with Gasteiger partial charge in [0, 0.05) is 45.0 Å². The predicted octanol–water partition coefficient (Wildman–Crippen LogP) is 0.863. The quantitative estimate of drug-likeness (QED) is 0.890. The van der Waals surface area contributed by atoms with E-state index in [0.29, 0.717) is 19.6 Å². The molecule has 0 aromatic carbocycles. The molecule has 1 N–H and O–H groups in total. The molecular formula is C15H22N6O2. The van der Waals surface area contributed by atoms with Crippen LogP contribution < -0.4 is 10.2 Å². The smallest absolute Gasteiger partial charge is 0.317 e. The molecule has 0 aliphatic carbocycles. The average molecular weight is 318 g/mol. The van der Waals surface area contributed by atoms with E-state index in [1.54, 1.807) is 18.6 Å². The molecule has 1 unspecified atom stereocenters. The SMILES string of the molecule is CCC1=NOC(CNC(=O)N2CCN(c3cnccn3)CC2)C1. The summed E-state index contributed by atoms with van der Waals surface area (Å²) in [6.45, 7) is 5.41. The second kappa shape index (κ2) is 7.26. The monoisotopic (exact) mass is 318 g/mol. The first kappa shape index (κ1) is 15.5. The van der Waals surface area contributed by atoms with Crippen molar-refractivity contribution in [1.82, 2.24) is 20.2 Å². The van der Waals surface area contributed by atoms with Gasteiger partial charge in [-0.15, -0.1) is 0 Å². The van der Waals surface area contributed by atoms with Gasteiger partial charge in [0.2, 0.25) is 0 Å². The molecule has 3 rings (SSSR count). The zero-order chi connectivity index (χ0) is 16.1. The fourth-order valence-corrected chi connectivity index (χ4v) is 2.71. The molecule has 8 heteroatoms. The van der Waals surface area contributed by atoms with Crippen LogP contribution in [0.5, 0.6) is 0 Å². The minimum atomic E-state index is -0.0441. The highest BCUT2D eigenvalue weighted by Gasteiger charge is 2.24. The Bertz CT molecular complexity index is 556. The predicted molar refractivity (Wildman–Crippen MR) is 86.4 cm³/mol. The first-order valence-electron chi connectivity index (χ1n) is 8.01. The van der Waals surface area contributed by atoms with Crippen molar-refractivity contribution in [1.29, 1.82) is 0 Å². The van der Waals surface area contributed by atoms with Gasteiger partial charge in [-0.25, -0.2) is 9.78 Å². The number of hydrogen-bond acceptors (Lipinski definition) is 6. The highest BCUT2D eigenvalue weighted by Crippen LogP contribution is 2.13. The third kappa shape index (κ3) is 3.88. The molecule has 23 heavy (non-hydrogen) atoms. The number of amides is 2. The summed E-state index contributed by atoms with van der Waals surface area (Å²) < 4.78 is 0. The molecule has 0 bridgehead atoms. The molecule has 2 amide bonds. The standard InChI is InChI=1S/C15H22N6O2/c1-2-12-9-13(23-19-12)10-18-15(22)21-7-5-20(6-8-21)14-11-16-3-4-17-14/h3-4,11,13H,2,5-10H2,1H3,(H,18,22). The van der Waals surface area contributed by atoms with E-state index in [9.17, 15) is 4.79 Å². The van der Waals surface area contributed by atoms with Gasteiger partial charge in [-0.05, 0) is 6.42 Å². The Labute approximate surface area is 135 Å². The van der Waals surface area contributed by atoms with Crippen LogP contribution >= 0.6 is 0 Å². The van der Waals surface area contributed by atoms with Crippen molar-refractivity contribution < 1.29 is 9.63 Å². The second-order valence-corrected chi connectivity index (χ2v) is 5.67. The van der Waals surface area contributed by atoms with Gasteiger partial charge in [-0.2, -0.15) is 0 Å². The minimum absolute atomic E-state index is 0.0326. The highest BCUT2D eigenvalue weighted by atomic mass is 16.6. The van der Waals surface area contributed by atoms with E-state index in [2.05, 4.69) is 32.3 Å². The molecule has 1 atom stereocenters. The van der Waals surface area contributed by atoms with Crippen LogP contribution in [-0.4, -0.2) is 65.4 Å². The number of carbonyl (C=O) groups is 1. The van der Waals surface area contributed by atoms with Gasteiger partial charge >= 0.3 is 6.03 Å². The fourth-order valence-electron chi connectivity index (χ4n) is 2.71. The van der Waals surface area contributed by atoms with E-state index in [1.807, 2.05) is 4.90 Å². The molecule has 2 aliphatic rings. The first-order chi connectivity index (χ1) is 11.3. The van der Waals surface area contributed by atoms with Crippen LogP contribution in [0.4, 0.5) is 10.6 Å². The van der Waals surface area contributed by atoms with Gasteiger partial charge in [0.05, 0.1) is 18.5 Å². The topological polar surface area (TPSA) is 83.0 Å². The molecule has 1 aromatic rings. The highest BCUT2D eigenvalue weighted by molar-refractivity contribution is 5.85. The molecule has 1 saturated heterocycles. The summed E-state index contributed by atoms with van der Waals surface area (Å²) >= 11 is 0. The van der Waals surface area contributed by atoms with Crippen LogP contribution in [0.1, 0.15) is 19.8 Å². The van der Waals surface area contributed by atoms with E-state index < -0.39 is 0 Å². The number of piperazine rings is 1. The van der Waals surface area contributed by atoms with Crippen LogP contribution in [0.3, 0.4) is 0 Å². The Hall–Kier alpha value is -2.38. The maximum absolute atomic E-state index is 12.2. The molecule has 124 valence electrons. The summed E-state index contributed by atoms with van der Waals surface area (Å²) in [5.41, 5.74) is 1.06. The number of anilines is 1. The number of oxime groups is 1. The van der Waals surface area contributed by atoms with E-state index in [1.165, 1.54) is 0 Å². The Balaban J connectivity index is 1.40. The fraction of sp³-hybridized carbons (Fsp3) is 0.600. The lowest BCUT2D eigenvalue weighted by atomic mass is 10.1. The van der Waals surface area contributed by atoms with E-state index in [0.717, 1.165) is 37.5 Å². The van der Waals surface area contributed by atoms with Crippen LogP contribution in [-0.2, 0) is 4.84 Å². The molecular weight excluding hydrogens is 296 g/mol. The molecule has 3 heterocycles. The number of aromatic nitrogens is 2. The molecule has 1 fully saturated rings. The third-order valence-corrected chi connectivity index (χ3v) is 4.12. The van der Waals surface area contributed by atoms with Crippen molar-refractivity contribution in [3.8, 4) is 0 Å². The van der Waals surface area contributed by atoms with Crippen molar-refractivity contribution >= 4 is 17.6 Å². The van der Waals surface area contributed by atoms with Crippen molar-refractivity contribution in [2.45, 2.75) is 25.9 Å². The van der Waals surface area contributed by atoms with Gasteiger partial charge in [-0.1, -0.05) is 12.1 Å². The maximum atomic E-state index is 12.2. The number of rotatable bonds is 4. The summed E-state index contributed by atoms with van der Waals surface area (Å²) in [5.74, 6) is 0.858. The molecule has 8 nitrogen and oxygen atoms in total. The van der Waals surface area contributed by atoms with Gasteiger partial charge in [-0.3, -0.25) is 4.98 Å². The van der Waals surface area contributed by atoms with Crippen LogP contribution in [0.15, 0.2) is 23.7 Å². The second-order valence-electron chi connectivity index (χ2n) is 5.67. The number of nitrogens with zero attached hydrogens (tertiary/aromatic N) is 5. The Morgan fingerprint density at radius 3 is 2.83 bits per heavy atom. The van der Waals surface area contributed by atoms with Crippen molar-refractivity contribution in [2.75, 3.05) is 37.6 Å². The largest absolute Gasteiger partial charge is 0.390 e. The lowest BCUT2D eigenvalue weighted by Crippen LogP contribution is -2.52. The van der Waals surface area contributed by atoms with Crippen LogP contribution in [0, 0.1) is 0 Å². The summed E-state index contributed by atoms with van der Waals surface area (Å²) in [5, 5.41) is 6.94. The van der Waals surface area contributed by atoms with Gasteiger partial charge in [0.1, 0.15) is 11.9 Å². The van der Waals surface area contributed by atoms with Crippen molar-refractivity contribution in [2.24, 2.45) is 5.16 Å². The minimum Gasteiger partial charge on any atom is -0.390 e. The number of hydrogen-bond donors (Lipinski definition) is 1. The Kier molecular flexibility index (Phi) is 4.89. The van der Waals surface area contributed by atoms with Crippen LogP contribution in [0.2, 0.25) is 0 Å². The summed E-state index contributed by atoms with van der Waals surface area (Å²) in [7, 11) is 0. The van der Waals surface area contributed by atoms with Crippen molar-refractivity contribution in [3.63, 3.8) is 0 Å². The summed E-state index contributed by atoms with van der Waals surface area (Å²) in [6.07, 6.45) is 6.76. The van der Waals surface area contributed by atoms with Gasteiger partial charge in [0.15, 0.2) is 0 Å². The van der Waals surface area contributed by atoms with Crippen molar-refractivity contribution in [3.05, 3.63) is 18.6 Å². The summed E-state index contributed by atoms with van der Waals surface area (Å²) in [4.78, 5) is 29.9. The lowest BCUT2D eigenvalue weighted by molar-refractivity contribution is 0.0847. The zero-order valence-corrected chi connectivity index (χ0v) is 13.3. The molecule has 0 saturated carbocycles. The number of nitrogens with one attached hydrogen (secondary N) is 1. The Morgan fingerprint density at radius 2 is 2.17 bits per heavy atom. The first-order valence-corrected chi connectivity index (χ1v) is 8.01. The normalized spacial score (nSPS) is 20.9. The third-order valence-electron chi connectivity index (χ3n) is 4.12. The maximum Gasteiger partial charge on any atom is 0.317 e. The van der Waals surface area contributed by atoms with E-state index >= 15 is 0 Å². The molecule has 0 radical (unpaired) electrons. The molecule has 2 aliphatic heterocycles. The average Bonchev–Trinajstić information content (AvgIpc) is 3.09. The van der Waals surface area contributed by atoms with Gasteiger partial charge < -0.3 is 20.0 Å². The Morgan fingerprint density at radius 1 is 1.35 bits per heavy atom. The lowest BCUT2D eigenvalue weighted by Gasteiger charge is -2.35. The number of carbonyl (C=O) groups excluding carboxylic acids is 1. The molecule has 0 spiro atoms. The number of urea groups is 1. The summed E-state index contributed by atoms with van der Waals surface area (Å²) in [6, 6.07) is -0.0441. The van der Waals surface area contributed by atoms with E-state index in [4.69, 9.17) is 4.84 Å².